The van der Waals surface area contributed by atoms with Gasteiger partial charge in [-0.2, -0.15) is 0 Å². The van der Waals surface area contributed by atoms with Crippen molar-refractivity contribution in [2.45, 2.75) is 0 Å². The van der Waals surface area contributed by atoms with Gasteiger partial charge in [0, 0.05) is 42.3 Å². The summed E-state index contributed by atoms with van der Waals surface area (Å²) in [5, 5.41) is 35.7. The van der Waals surface area contributed by atoms with Gasteiger partial charge in [-0.15, -0.1) is 16.5 Å². The molecule has 184 valence electrons. The molecule has 1 heterocycles. The Balaban J connectivity index is 2.11. The average molecular weight is 495 g/mol. The Labute approximate surface area is 207 Å². The van der Waals surface area contributed by atoms with Gasteiger partial charge in [0.25, 0.3) is 0 Å². The monoisotopic (exact) mass is 494 g/mol. The molecule has 4 rings (SSSR count). The maximum Gasteiger partial charge on any atom is 0.304 e. The first-order valence-electron chi connectivity index (χ1n) is 11.3. The Bertz CT molecular complexity index is 1330. The van der Waals surface area contributed by atoms with Crippen LogP contribution in [0, 0.1) is 5.53 Å². The summed E-state index contributed by atoms with van der Waals surface area (Å²) in [6, 6.07) is 8.90. The number of carbonyl (C=O) groups excluding carboxylic acids is 1. The van der Waals surface area contributed by atoms with Gasteiger partial charge in [0.05, 0.1) is 31.7 Å². The van der Waals surface area contributed by atoms with Crippen LogP contribution in [0.15, 0.2) is 35.4 Å². The fourth-order valence-electron chi connectivity index (χ4n) is 4.22. The largest absolute Gasteiger partial charge is 0.507 e. The summed E-state index contributed by atoms with van der Waals surface area (Å²) >= 11 is 1.22. The van der Waals surface area contributed by atoms with Crippen LogP contribution in [0.2, 0.25) is 0 Å². The number of thiophene rings is 1. The summed E-state index contributed by atoms with van der Waals surface area (Å²) < 4.78 is 0.751. The number of benzene rings is 3. The lowest BCUT2D eigenvalue weighted by Gasteiger charge is -2.21. The second kappa shape index (κ2) is 10.0. The molecule has 3 aromatic carbocycles. The minimum atomic E-state index is -0.632. The van der Waals surface area contributed by atoms with Crippen LogP contribution in [0.4, 0.5) is 11.4 Å². The molecule has 35 heavy (non-hydrogen) atoms. The number of likely N-dealkylation sites (N-methyl/N-ethyl adjacent to an activating group) is 2. The Morgan fingerprint density at radius 1 is 0.914 bits per heavy atom. The van der Waals surface area contributed by atoms with Gasteiger partial charge in [0.1, 0.15) is 11.5 Å². The van der Waals surface area contributed by atoms with Crippen molar-refractivity contribution in [3.63, 3.8) is 0 Å². The maximum atomic E-state index is 12.3. The maximum absolute atomic E-state index is 12.3. The van der Waals surface area contributed by atoms with Crippen LogP contribution in [0.25, 0.3) is 31.6 Å². The highest BCUT2D eigenvalue weighted by Gasteiger charge is 2.25. The van der Waals surface area contributed by atoms with Crippen LogP contribution in [0.5, 0.6) is 11.5 Å². The van der Waals surface area contributed by atoms with Crippen molar-refractivity contribution in [3.05, 3.63) is 35.2 Å². The SMILES string of the molecule is CN(C)CCNc1c2cc(C(=O)N=N)sc2c(NCCN(C)C)c2c(O)c3ccccc3c(O)c12. The molecule has 1 aromatic heterocycles. The zero-order valence-corrected chi connectivity index (χ0v) is 21.1. The molecule has 0 fully saturated rings. The van der Waals surface area contributed by atoms with Gasteiger partial charge in [0.2, 0.25) is 0 Å². The molecule has 0 saturated carbocycles. The second-order valence-corrected chi connectivity index (χ2v) is 10.0. The van der Waals surface area contributed by atoms with Crippen LogP contribution < -0.4 is 10.6 Å². The van der Waals surface area contributed by atoms with Crippen LogP contribution in [-0.2, 0) is 0 Å². The predicted molar refractivity (Wildman–Crippen MR) is 144 cm³/mol. The first-order chi connectivity index (χ1) is 16.7. The van der Waals surface area contributed by atoms with Crippen molar-refractivity contribution in [1.29, 1.82) is 5.53 Å². The normalized spacial score (nSPS) is 11.7. The molecular formula is C25H30N6O3S. The molecule has 0 unspecified atom stereocenters. The fourth-order valence-corrected chi connectivity index (χ4v) is 5.30. The van der Waals surface area contributed by atoms with Crippen molar-refractivity contribution in [2.75, 3.05) is 65.0 Å². The van der Waals surface area contributed by atoms with Crippen LogP contribution in [0.1, 0.15) is 9.67 Å². The van der Waals surface area contributed by atoms with E-state index in [9.17, 15) is 15.0 Å². The number of carbonyl (C=O) groups is 1. The van der Waals surface area contributed by atoms with Gasteiger partial charge >= 0.3 is 5.91 Å². The van der Waals surface area contributed by atoms with Gasteiger partial charge < -0.3 is 30.6 Å². The summed E-state index contributed by atoms with van der Waals surface area (Å²) in [4.78, 5) is 16.7. The van der Waals surface area contributed by atoms with Crippen molar-refractivity contribution >= 4 is 60.2 Å². The lowest BCUT2D eigenvalue weighted by Crippen LogP contribution is -2.21. The van der Waals surface area contributed by atoms with E-state index < -0.39 is 5.91 Å². The van der Waals surface area contributed by atoms with Gasteiger partial charge in [-0.3, -0.25) is 4.79 Å². The summed E-state index contributed by atoms with van der Waals surface area (Å²) in [5.74, 6) is -0.514. The van der Waals surface area contributed by atoms with Gasteiger partial charge in [0.15, 0.2) is 0 Å². The Morgan fingerprint density at radius 3 is 1.94 bits per heavy atom. The van der Waals surface area contributed by atoms with E-state index in [0.717, 1.165) is 23.2 Å². The summed E-state index contributed by atoms with van der Waals surface area (Å²) in [5.41, 5.74) is 8.49. The highest BCUT2D eigenvalue weighted by Crippen LogP contribution is 2.53. The molecule has 0 spiro atoms. The molecule has 5 N–H and O–H groups in total. The minimum absolute atomic E-state index is 0.0579. The fraction of sp³-hybridized carbons (Fsp3) is 0.320. The number of phenolic OH excluding ortho intramolecular Hbond substituents is 2. The highest BCUT2D eigenvalue weighted by molar-refractivity contribution is 7.21. The first-order valence-corrected chi connectivity index (χ1v) is 12.1. The second-order valence-electron chi connectivity index (χ2n) is 8.97. The van der Waals surface area contributed by atoms with Crippen molar-refractivity contribution in [3.8, 4) is 11.5 Å². The van der Waals surface area contributed by atoms with Crippen molar-refractivity contribution in [1.82, 2.24) is 9.80 Å². The van der Waals surface area contributed by atoms with E-state index in [4.69, 9.17) is 5.53 Å². The molecule has 4 aromatic rings. The van der Waals surface area contributed by atoms with Gasteiger partial charge in [-0.1, -0.05) is 24.3 Å². The topological polar surface area (TPSA) is 124 Å². The molecule has 0 atom stereocenters. The first kappa shape index (κ1) is 24.6. The number of hydrogen-bond donors (Lipinski definition) is 5. The molecule has 0 aliphatic carbocycles. The highest BCUT2D eigenvalue weighted by atomic mass is 32.1. The number of anilines is 2. The quantitative estimate of drug-likeness (QED) is 0.0985. The summed E-state index contributed by atoms with van der Waals surface area (Å²) in [6.07, 6.45) is 0. The number of aromatic hydroxyl groups is 2. The Morgan fingerprint density at radius 2 is 1.43 bits per heavy atom. The van der Waals surface area contributed by atoms with Crippen molar-refractivity contribution < 1.29 is 15.0 Å². The van der Waals surface area contributed by atoms with Gasteiger partial charge in [-0.25, -0.2) is 5.53 Å². The third-order valence-electron chi connectivity index (χ3n) is 5.92. The lowest BCUT2D eigenvalue weighted by atomic mass is 9.96. The van der Waals surface area contributed by atoms with Gasteiger partial charge in [-0.05, 0) is 34.3 Å². The van der Waals surface area contributed by atoms with Crippen LogP contribution in [0.3, 0.4) is 0 Å². The van der Waals surface area contributed by atoms with Crippen LogP contribution in [-0.4, -0.2) is 80.3 Å². The number of amides is 1. The molecule has 0 aliphatic heterocycles. The molecule has 0 aliphatic rings. The Hall–Kier alpha value is -3.47. The molecule has 0 bridgehead atoms. The predicted octanol–water partition coefficient (Wildman–Crippen LogP) is 4.74. The number of rotatable bonds is 9. The summed E-state index contributed by atoms with van der Waals surface area (Å²) in [7, 11) is 7.89. The third-order valence-corrected chi connectivity index (χ3v) is 7.06. The molecule has 0 saturated heterocycles. The molecule has 1 amide bonds. The smallest absolute Gasteiger partial charge is 0.304 e. The number of hydrogen-bond acceptors (Lipinski definition) is 9. The zero-order chi connectivity index (χ0) is 25.3. The minimum Gasteiger partial charge on any atom is -0.507 e. The van der Waals surface area contributed by atoms with E-state index in [0.29, 0.717) is 50.9 Å². The lowest BCUT2D eigenvalue weighted by molar-refractivity contribution is 0.0995. The van der Waals surface area contributed by atoms with E-state index in [1.165, 1.54) is 11.3 Å². The molecular weight excluding hydrogens is 464 g/mol. The summed E-state index contributed by atoms with van der Waals surface area (Å²) in [6.45, 7) is 2.65. The van der Waals surface area contributed by atoms with E-state index >= 15 is 0 Å². The van der Waals surface area contributed by atoms with Crippen molar-refractivity contribution in [2.24, 2.45) is 5.11 Å². The standard InChI is InChI=1S/C25H30N6O3S/c1-30(2)11-9-27-20-16-13-17(25(34)29-26)35-24(16)21(28-10-12-31(3)4)19-18(20)22(32)14-7-5-6-8-15(14)23(19)33/h5-8,13,26-28,32-33H,9-12H2,1-4H3. The third kappa shape index (κ3) is 4.60. The Kier molecular flexibility index (Phi) is 7.06. The molecule has 10 heteroatoms. The number of phenols is 2. The number of nitrogens with zero attached hydrogens (tertiary/aromatic N) is 3. The molecule has 0 radical (unpaired) electrons. The van der Waals surface area contributed by atoms with E-state index in [-0.39, 0.29) is 11.5 Å². The number of nitrogens with one attached hydrogen (secondary N) is 3. The van der Waals surface area contributed by atoms with E-state index in [1.807, 2.05) is 50.1 Å². The number of fused-ring (bicyclic) bond motifs is 3. The zero-order valence-electron chi connectivity index (χ0n) is 20.3. The van der Waals surface area contributed by atoms with E-state index in [1.54, 1.807) is 18.2 Å². The van der Waals surface area contributed by atoms with Crippen LogP contribution >= 0.6 is 11.3 Å². The molecule has 9 nitrogen and oxygen atoms in total. The average Bonchev–Trinajstić information content (AvgIpc) is 3.27. The van der Waals surface area contributed by atoms with E-state index in [2.05, 4.69) is 15.7 Å².